The number of ether oxygens (including phenoxy) is 1. The van der Waals surface area contributed by atoms with Crippen LogP contribution in [0, 0.1) is 0 Å². The first-order chi connectivity index (χ1) is 13.5. The Kier molecular flexibility index (Phi) is 6.36. The summed E-state index contributed by atoms with van der Waals surface area (Å²) in [5, 5.41) is 2.95. The van der Waals surface area contributed by atoms with Crippen molar-refractivity contribution in [3.63, 3.8) is 0 Å². The molecular weight excluding hydrogens is 376 g/mol. The summed E-state index contributed by atoms with van der Waals surface area (Å²) in [6.07, 6.45) is 1.77. The van der Waals surface area contributed by atoms with E-state index >= 15 is 0 Å². The quantitative estimate of drug-likeness (QED) is 0.769. The van der Waals surface area contributed by atoms with Crippen molar-refractivity contribution < 1.29 is 17.9 Å². The third-order valence-corrected chi connectivity index (χ3v) is 6.99. The first-order valence-electron chi connectivity index (χ1n) is 9.50. The highest BCUT2D eigenvalue weighted by molar-refractivity contribution is 7.89. The Morgan fingerprint density at radius 3 is 2.57 bits per heavy atom. The lowest BCUT2D eigenvalue weighted by molar-refractivity contribution is -0.119. The average molecular weight is 403 g/mol. The number of methoxy groups -OCH3 is 1. The molecule has 0 aromatic heterocycles. The molecular formula is C21H26N2O4S. The third-order valence-electron chi connectivity index (χ3n) is 4.91. The van der Waals surface area contributed by atoms with Crippen LogP contribution >= 0.6 is 0 Å². The minimum Gasteiger partial charge on any atom is -0.497 e. The summed E-state index contributed by atoms with van der Waals surface area (Å²) < 4.78 is 31.5. The second-order valence-electron chi connectivity index (χ2n) is 6.85. The highest BCUT2D eigenvalue weighted by Crippen LogP contribution is 2.30. The van der Waals surface area contributed by atoms with Crippen molar-refractivity contribution in [1.29, 1.82) is 0 Å². The molecule has 0 bridgehead atoms. The van der Waals surface area contributed by atoms with E-state index in [0.29, 0.717) is 31.5 Å². The second-order valence-corrected chi connectivity index (χ2v) is 8.89. The Morgan fingerprint density at radius 1 is 1.18 bits per heavy atom. The molecule has 0 radical (unpaired) electrons. The minimum absolute atomic E-state index is 0.0687. The number of benzene rings is 2. The molecule has 28 heavy (non-hydrogen) atoms. The van der Waals surface area contributed by atoms with Crippen molar-refractivity contribution in [2.45, 2.75) is 32.2 Å². The topological polar surface area (TPSA) is 75.7 Å². The van der Waals surface area contributed by atoms with Crippen LogP contribution in [0.1, 0.15) is 26.2 Å². The van der Waals surface area contributed by atoms with E-state index in [1.54, 1.807) is 7.11 Å². The van der Waals surface area contributed by atoms with E-state index < -0.39 is 16.1 Å². The molecule has 1 amide bonds. The molecule has 6 nitrogen and oxygen atoms in total. The van der Waals surface area contributed by atoms with Gasteiger partial charge in [0.1, 0.15) is 11.8 Å². The third kappa shape index (κ3) is 4.36. The van der Waals surface area contributed by atoms with Gasteiger partial charge in [-0.05, 0) is 43.0 Å². The van der Waals surface area contributed by atoms with Gasteiger partial charge < -0.3 is 10.1 Å². The first-order valence-corrected chi connectivity index (χ1v) is 11.1. The van der Waals surface area contributed by atoms with Crippen LogP contribution in [-0.4, -0.2) is 44.1 Å². The maximum atomic E-state index is 12.9. The second kappa shape index (κ2) is 8.75. The molecule has 150 valence electrons. The molecule has 3 rings (SSSR count). The van der Waals surface area contributed by atoms with Gasteiger partial charge in [0.25, 0.3) is 0 Å². The number of hydrogen-bond donors (Lipinski definition) is 1. The van der Waals surface area contributed by atoms with Gasteiger partial charge in [-0.1, -0.05) is 37.3 Å². The van der Waals surface area contributed by atoms with Gasteiger partial charge in [-0.3, -0.25) is 4.79 Å². The van der Waals surface area contributed by atoms with E-state index in [4.69, 9.17) is 4.74 Å². The van der Waals surface area contributed by atoms with E-state index in [1.807, 2.05) is 55.5 Å². The van der Waals surface area contributed by atoms with Crippen molar-refractivity contribution in [2.24, 2.45) is 0 Å². The molecule has 1 N–H and O–H groups in total. The van der Waals surface area contributed by atoms with Crippen molar-refractivity contribution in [3.8, 4) is 16.9 Å². The predicted octanol–water partition coefficient (Wildman–Crippen LogP) is 3.50. The highest BCUT2D eigenvalue weighted by atomic mass is 32.2. The molecule has 0 spiro atoms. The van der Waals surface area contributed by atoms with Crippen LogP contribution in [0.25, 0.3) is 11.1 Å². The molecule has 0 unspecified atom stereocenters. The molecule has 2 aromatic rings. The number of carbonyl (C=O) groups excluding carboxylic acids is 1. The van der Waals surface area contributed by atoms with Gasteiger partial charge in [0.15, 0.2) is 0 Å². The van der Waals surface area contributed by atoms with Gasteiger partial charge in [0.2, 0.25) is 15.9 Å². The van der Waals surface area contributed by atoms with Gasteiger partial charge in [-0.15, -0.1) is 0 Å². The number of carbonyl (C=O) groups is 1. The number of sulfonamides is 1. The lowest BCUT2D eigenvalue weighted by Gasteiger charge is -2.23. The summed E-state index contributed by atoms with van der Waals surface area (Å²) in [6, 6.07) is 14.4. The van der Waals surface area contributed by atoms with Crippen molar-refractivity contribution in [1.82, 2.24) is 4.31 Å². The van der Waals surface area contributed by atoms with Crippen molar-refractivity contribution in [3.05, 3.63) is 48.5 Å². The van der Waals surface area contributed by atoms with Crippen LogP contribution in [-0.2, 0) is 14.8 Å². The lowest BCUT2D eigenvalue weighted by atomic mass is 10.0. The fourth-order valence-electron chi connectivity index (χ4n) is 3.54. The summed E-state index contributed by atoms with van der Waals surface area (Å²) >= 11 is 0. The van der Waals surface area contributed by atoms with E-state index in [2.05, 4.69) is 5.32 Å². The smallest absolute Gasteiger partial charge is 0.242 e. The van der Waals surface area contributed by atoms with Gasteiger partial charge in [0.05, 0.1) is 12.9 Å². The van der Waals surface area contributed by atoms with Crippen LogP contribution in [0.4, 0.5) is 5.69 Å². The van der Waals surface area contributed by atoms with Crippen LogP contribution in [0.2, 0.25) is 0 Å². The van der Waals surface area contributed by atoms with Crippen molar-refractivity contribution >= 4 is 21.6 Å². The SMILES string of the molecule is CCCS(=O)(=O)N1CCC[C@@H]1C(=O)Nc1ccccc1-c1ccc(OC)cc1. The van der Waals surface area contributed by atoms with Crippen LogP contribution in [0.5, 0.6) is 5.75 Å². The van der Waals surface area contributed by atoms with Gasteiger partial charge in [-0.25, -0.2) is 8.42 Å². The summed E-state index contributed by atoms with van der Waals surface area (Å²) in [6.45, 7) is 2.23. The van der Waals surface area contributed by atoms with Crippen LogP contribution in [0.3, 0.4) is 0 Å². The normalized spacial score (nSPS) is 17.4. The maximum Gasteiger partial charge on any atom is 0.242 e. The lowest BCUT2D eigenvalue weighted by Crippen LogP contribution is -2.44. The van der Waals surface area contributed by atoms with E-state index in [9.17, 15) is 13.2 Å². The molecule has 1 fully saturated rings. The monoisotopic (exact) mass is 402 g/mol. The van der Waals surface area contributed by atoms with Gasteiger partial charge >= 0.3 is 0 Å². The number of para-hydroxylation sites is 1. The zero-order valence-electron chi connectivity index (χ0n) is 16.2. The van der Waals surface area contributed by atoms with Gasteiger partial charge in [-0.2, -0.15) is 4.31 Å². The number of rotatable bonds is 7. The number of anilines is 1. The molecule has 0 aliphatic carbocycles. The fraction of sp³-hybridized carbons (Fsp3) is 0.381. The average Bonchev–Trinajstić information content (AvgIpc) is 3.20. The minimum atomic E-state index is -3.41. The Bertz CT molecular complexity index is 926. The highest BCUT2D eigenvalue weighted by Gasteiger charge is 2.38. The summed E-state index contributed by atoms with van der Waals surface area (Å²) in [7, 11) is -1.79. The van der Waals surface area contributed by atoms with E-state index in [0.717, 1.165) is 16.9 Å². The zero-order chi connectivity index (χ0) is 20.1. The number of nitrogens with one attached hydrogen (secondary N) is 1. The van der Waals surface area contributed by atoms with Crippen molar-refractivity contribution in [2.75, 3.05) is 24.7 Å². The molecule has 1 atom stereocenters. The Hall–Kier alpha value is -2.38. The molecule has 1 aliphatic rings. The molecule has 1 saturated heterocycles. The first kappa shape index (κ1) is 20.4. The number of amides is 1. The molecule has 2 aromatic carbocycles. The fourth-order valence-corrected chi connectivity index (χ4v) is 5.29. The van der Waals surface area contributed by atoms with Gasteiger partial charge in [0, 0.05) is 17.8 Å². The Morgan fingerprint density at radius 2 is 1.89 bits per heavy atom. The number of hydrogen-bond acceptors (Lipinski definition) is 4. The molecule has 1 heterocycles. The van der Waals surface area contributed by atoms with Crippen LogP contribution < -0.4 is 10.1 Å². The Balaban J connectivity index is 1.83. The van der Waals surface area contributed by atoms with E-state index in [1.165, 1.54) is 4.31 Å². The molecule has 0 saturated carbocycles. The number of nitrogens with zero attached hydrogens (tertiary/aromatic N) is 1. The molecule has 7 heteroatoms. The van der Waals surface area contributed by atoms with E-state index in [-0.39, 0.29) is 11.7 Å². The molecule has 1 aliphatic heterocycles. The largest absolute Gasteiger partial charge is 0.497 e. The standard InChI is InChI=1S/C21H26N2O4S/c1-3-15-28(25,26)23-14-6-9-20(23)21(24)22-19-8-5-4-7-18(19)16-10-12-17(27-2)13-11-16/h4-5,7-8,10-13,20H,3,6,9,14-15H2,1-2H3,(H,22,24)/t20-/m1/s1. The summed E-state index contributed by atoms with van der Waals surface area (Å²) in [5.41, 5.74) is 2.48. The summed E-state index contributed by atoms with van der Waals surface area (Å²) in [5.74, 6) is 0.547. The summed E-state index contributed by atoms with van der Waals surface area (Å²) in [4.78, 5) is 12.9. The zero-order valence-corrected chi connectivity index (χ0v) is 17.0. The maximum absolute atomic E-state index is 12.9. The Labute approximate surface area is 166 Å². The predicted molar refractivity (Wildman–Crippen MR) is 111 cm³/mol. The van der Waals surface area contributed by atoms with Crippen LogP contribution in [0.15, 0.2) is 48.5 Å².